The number of hydrogen-bond donors (Lipinski definition) is 1. The molecule has 3 aliphatic rings. The number of nitriles is 1. The number of hydrogen-bond acceptors (Lipinski definition) is 4. The maximum atomic E-state index is 10.5. The van der Waals surface area contributed by atoms with Crippen molar-refractivity contribution in [1.29, 1.82) is 5.26 Å². The van der Waals surface area contributed by atoms with Crippen LogP contribution in [0.1, 0.15) is 24.8 Å². The molecule has 0 atom stereocenters. The van der Waals surface area contributed by atoms with Gasteiger partial charge in [-0.1, -0.05) is 17.7 Å². The molecule has 3 saturated heterocycles. The highest BCUT2D eigenvalue weighted by Crippen LogP contribution is 2.38. The van der Waals surface area contributed by atoms with Gasteiger partial charge < -0.3 is 4.90 Å². The van der Waals surface area contributed by atoms with Crippen molar-refractivity contribution in [3.63, 3.8) is 0 Å². The molecule has 114 valence electrons. The molecule has 1 aromatic carbocycles. The van der Waals surface area contributed by atoms with Crippen molar-refractivity contribution >= 4 is 10.1 Å². The number of piperidine rings is 3. The smallest absolute Gasteiger partial charge is 0.294 e. The zero-order valence-electron chi connectivity index (χ0n) is 12.1. The van der Waals surface area contributed by atoms with Crippen LogP contribution in [0.4, 0.5) is 0 Å². The van der Waals surface area contributed by atoms with Crippen LogP contribution in [0, 0.1) is 23.7 Å². The molecule has 21 heavy (non-hydrogen) atoms. The largest absolute Gasteiger partial charge is 0.303 e. The summed E-state index contributed by atoms with van der Waals surface area (Å²) in [5, 5.41) is 8.90. The normalized spacial score (nSPS) is 27.4. The highest BCUT2D eigenvalue weighted by atomic mass is 32.2. The van der Waals surface area contributed by atoms with Crippen LogP contribution in [0.5, 0.6) is 0 Å². The molecule has 5 nitrogen and oxygen atoms in total. The predicted molar refractivity (Wildman–Crippen MR) is 79.3 cm³/mol. The van der Waals surface area contributed by atoms with Crippen LogP contribution in [0.2, 0.25) is 0 Å². The molecule has 3 heterocycles. The summed E-state index contributed by atoms with van der Waals surface area (Å²) in [6.07, 6.45) is 3.34. The molecular formula is C15H20N2O3S. The maximum Gasteiger partial charge on any atom is 0.294 e. The molecule has 0 spiro atoms. The molecule has 0 aliphatic carbocycles. The Hall–Kier alpha value is -1.42. The molecule has 1 N–H and O–H groups in total. The molecular weight excluding hydrogens is 288 g/mol. The highest BCUT2D eigenvalue weighted by molar-refractivity contribution is 7.85. The van der Waals surface area contributed by atoms with Crippen LogP contribution in [0.15, 0.2) is 29.2 Å². The minimum absolute atomic E-state index is 0.0666. The van der Waals surface area contributed by atoms with Crippen LogP contribution in [0.25, 0.3) is 0 Å². The first-order valence-electron chi connectivity index (χ1n) is 7.02. The van der Waals surface area contributed by atoms with E-state index in [0.717, 1.165) is 44.5 Å². The topological polar surface area (TPSA) is 81.4 Å². The van der Waals surface area contributed by atoms with Gasteiger partial charge in [-0.2, -0.15) is 13.7 Å². The number of aryl methyl sites for hydroxylation is 1. The van der Waals surface area contributed by atoms with E-state index in [2.05, 4.69) is 11.0 Å². The molecule has 4 rings (SSSR count). The van der Waals surface area contributed by atoms with Gasteiger partial charge in [0, 0.05) is 0 Å². The summed E-state index contributed by atoms with van der Waals surface area (Å²) in [5.41, 5.74) is 1.05. The second-order valence-electron chi connectivity index (χ2n) is 5.77. The maximum absolute atomic E-state index is 10.5. The van der Waals surface area contributed by atoms with E-state index in [1.807, 2.05) is 6.92 Å². The Balaban J connectivity index is 0.000000154. The van der Waals surface area contributed by atoms with Crippen molar-refractivity contribution < 1.29 is 13.0 Å². The first kappa shape index (κ1) is 16.0. The van der Waals surface area contributed by atoms with E-state index in [1.165, 1.54) is 12.1 Å². The molecule has 6 heteroatoms. The molecule has 1 aromatic rings. The lowest BCUT2D eigenvalue weighted by Gasteiger charge is -2.44. The van der Waals surface area contributed by atoms with Crippen molar-refractivity contribution in [2.24, 2.45) is 5.41 Å². The number of fused-ring (bicyclic) bond motifs is 3. The second-order valence-corrected chi connectivity index (χ2v) is 7.19. The van der Waals surface area contributed by atoms with E-state index >= 15 is 0 Å². The lowest BCUT2D eigenvalue weighted by molar-refractivity contribution is 0.0666. The molecule has 0 saturated carbocycles. The van der Waals surface area contributed by atoms with Gasteiger partial charge in [-0.05, 0) is 58.0 Å². The zero-order chi connectivity index (χ0) is 15.5. The van der Waals surface area contributed by atoms with Crippen molar-refractivity contribution in [2.75, 3.05) is 19.6 Å². The third-order valence-corrected chi connectivity index (χ3v) is 5.14. The summed E-state index contributed by atoms with van der Waals surface area (Å²) >= 11 is 0. The lowest BCUT2D eigenvalue weighted by Crippen LogP contribution is -2.47. The molecule has 0 unspecified atom stereocenters. The van der Waals surface area contributed by atoms with Gasteiger partial charge in [-0.15, -0.1) is 0 Å². The number of rotatable bonds is 1. The Morgan fingerprint density at radius 2 is 1.62 bits per heavy atom. The fraction of sp³-hybridized carbons (Fsp3) is 0.533. The zero-order valence-corrected chi connectivity index (χ0v) is 12.9. The van der Waals surface area contributed by atoms with Gasteiger partial charge >= 0.3 is 0 Å². The summed E-state index contributed by atoms with van der Waals surface area (Å²) < 4.78 is 29.6. The number of benzene rings is 1. The van der Waals surface area contributed by atoms with Gasteiger partial charge in [0.15, 0.2) is 0 Å². The molecule has 2 bridgehead atoms. The highest BCUT2D eigenvalue weighted by Gasteiger charge is 2.39. The van der Waals surface area contributed by atoms with E-state index in [-0.39, 0.29) is 10.3 Å². The fourth-order valence-electron chi connectivity index (χ4n) is 2.70. The Morgan fingerprint density at radius 1 is 1.14 bits per heavy atom. The molecule has 0 radical (unpaired) electrons. The fourth-order valence-corrected chi connectivity index (χ4v) is 3.18. The third kappa shape index (κ3) is 4.03. The van der Waals surface area contributed by atoms with E-state index in [1.54, 1.807) is 12.1 Å². The van der Waals surface area contributed by atoms with Gasteiger partial charge in [0.25, 0.3) is 10.1 Å². The van der Waals surface area contributed by atoms with Crippen molar-refractivity contribution in [3.8, 4) is 6.07 Å². The van der Waals surface area contributed by atoms with Gasteiger partial charge in [-0.3, -0.25) is 4.55 Å². The average molecular weight is 308 g/mol. The quantitative estimate of drug-likeness (QED) is 0.805. The first-order chi connectivity index (χ1) is 9.85. The Kier molecular flexibility index (Phi) is 4.67. The summed E-state index contributed by atoms with van der Waals surface area (Å²) in [6, 6.07) is 8.47. The second kappa shape index (κ2) is 6.14. The van der Waals surface area contributed by atoms with Crippen LogP contribution < -0.4 is 0 Å². The number of nitrogens with zero attached hydrogens (tertiary/aromatic N) is 2. The van der Waals surface area contributed by atoms with E-state index in [0.29, 0.717) is 0 Å². The van der Waals surface area contributed by atoms with Crippen LogP contribution in [-0.2, 0) is 10.1 Å². The molecule has 0 amide bonds. The first-order valence-corrected chi connectivity index (χ1v) is 8.46. The van der Waals surface area contributed by atoms with E-state index in [4.69, 9.17) is 9.81 Å². The lowest BCUT2D eigenvalue weighted by atomic mass is 9.73. The summed E-state index contributed by atoms with van der Waals surface area (Å²) in [4.78, 5) is 2.39. The monoisotopic (exact) mass is 308 g/mol. The van der Waals surface area contributed by atoms with E-state index < -0.39 is 10.1 Å². The van der Waals surface area contributed by atoms with Crippen molar-refractivity contribution in [2.45, 2.75) is 31.1 Å². The Bertz CT molecular complexity index is 610. The summed E-state index contributed by atoms with van der Waals surface area (Å²) in [5.74, 6) is 0. The standard InChI is InChI=1S/C8H12N2.C7H8O3S/c9-7-8-1-4-10(5-2-8)6-3-8;1-6-2-4-7(5-3-6)11(8,9)10/h1-6H2;2-5H,1H3,(H,8,9,10). The van der Waals surface area contributed by atoms with Gasteiger partial charge in [0.05, 0.1) is 16.4 Å². The summed E-state index contributed by atoms with van der Waals surface area (Å²) in [6.45, 7) is 5.32. The molecule has 0 aromatic heterocycles. The average Bonchev–Trinajstić information content (AvgIpc) is 2.49. The third-order valence-electron chi connectivity index (χ3n) is 4.28. The predicted octanol–water partition coefficient (Wildman–Crippen LogP) is 2.24. The van der Waals surface area contributed by atoms with E-state index in [9.17, 15) is 8.42 Å². The van der Waals surface area contributed by atoms with Crippen LogP contribution >= 0.6 is 0 Å². The van der Waals surface area contributed by atoms with Gasteiger partial charge in [-0.25, -0.2) is 0 Å². The molecule has 3 fully saturated rings. The van der Waals surface area contributed by atoms with Gasteiger partial charge in [0.1, 0.15) is 0 Å². The van der Waals surface area contributed by atoms with Crippen molar-refractivity contribution in [3.05, 3.63) is 29.8 Å². The van der Waals surface area contributed by atoms with Gasteiger partial charge in [0.2, 0.25) is 0 Å². The molecule has 3 aliphatic heterocycles. The summed E-state index contributed by atoms with van der Waals surface area (Å²) in [7, 11) is -4.02. The SMILES string of the molecule is Cc1ccc(S(=O)(=O)O)cc1.N#CC12CCN(CC1)CC2. The minimum atomic E-state index is -4.02. The van der Waals surface area contributed by atoms with Crippen molar-refractivity contribution in [1.82, 2.24) is 4.90 Å². The van der Waals surface area contributed by atoms with Crippen LogP contribution in [0.3, 0.4) is 0 Å². The Morgan fingerprint density at radius 3 is 1.95 bits per heavy atom. The Labute approximate surface area is 125 Å². The van der Waals surface area contributed by atoms with Crippen LogP contribution in [-0.4, -0.2) is 37.5 Å². The minimum Gasteiger partial charge on any atom is -0.303 e.